The van der Waals surface area contributed by atoms with Crippen LogP contribution in [0.15, 0.2) is 35.5 Å². The lowest BCUT2D eigenvalue weighted by Gasteiger charge is -2.29. The Bertz CT molecular complexity index is 865. The molecular weight excluding hydrogens is 386 g/mol. The fraction of sp³-hybridized carbons (Fsp3) is 0.524. The van der Waals surface area contributed by atoms with Gasteiger partial charge in [0.05, 0.1) is 11.4 Å². The van der Waals surface area contributed by atoms with Gasteiger partial charge in [0.1, 0.15) is 5.82 Å². The Morgan fingerprint density at radius 1 is 1.14 bits per heavy atom. The van der Waals surface area contributed by atoms with Crippen molar-refractivity contribution < 1.29 is 9.59 Å². The van der Waals surface area contributed by atoms with Crippen molar-refractivity contribution in [1.29, 1.82) is 0 Å². The van der Waals surface area contributed by atoms with Crippen molar-refractivity contribution in [2.45, 2.75) is 62.6 Å². The van der Waals surface area contributed by atoms with Crippen LogP contribution in [0.3, 0.4) is 0 Å². The number of carbonyl (C=O) groups is 2. The third kappa shape index (κ3) is 5.18. The third-order valence-electron chi connectivity index (χ3n) is 5.57. The molecule has 2 aliphatic carbocycles. The van der Waals surface area contributed by atoms with Gasteiger partial charge in [-0.3, -0.25) is 10.1 Å². The Morgan fingerprint density at radius 2 is 1.90 bits per heavy atom. The number of imide groups is 1. The summed E-state index contributed by atoms with van der Waals surface area (Å²) in [6, 6.07) is 9.65. The normalized spacial score (nSPS) is 21.6. The highest BCUT2D eigenvalue weighted by Gasteiger charge is 2.30. The van der Waals surface area contributed by atoms with E-state index in [4.69, 9.17) is 0 Å². The summed E-state index contributed by atoms with van der Waals surface area (Å²) in [6.07, 6.45) is 6.67. The summed E-state index contributed by atoms with van der Waals surface area (Å²) in [4.78, 5) is 29.0. The Labute approximate surface area is 175 Å². The zero-order valence-electron chi connectivity index (χ0n) is 16.6. The molecule has 2 fully saturated rings. The Hall–Kier alpha value is -2.35. The van der Waals surface area contributed by atoms with Gasteiger partial charge < -0.3 is 5.32 Å². The average Bonchev–Trinajstić information content (AvgIpc) is 3.48. The number of carbonyl (C=O) groups excluding carboxylic acids is 2. The van der Waals surface area contributed by atoms with Gasteiger partial charge in [-0.1, -0.05) is 49.7 Å². The van der Waals surface area contributed by atoms with Crippen molar-refractivity contribution in [3.63, 3.8) is 0 Å². The van der Waals surface area contributed by atoms with Crippen molar-refractivity contribution in [1.82, 2.24) is 25.4 Å². The van der Waals surface area contributed by atoms with E-state index in [1.807, 2.05) is 35.0 Å². The first-order valence-corrected chi connectivity index (χ1v) is 11.3. The molecule has 1 aromatic carbocycles. The van der Waals surface area contributed by atoms with Gasteiger partial charge >= 0.3 is 6.03 Å². The van der Waals surface area contributed by atoms with E-state index < -0.39 is 6.03 Å². The summed E-state index contributed by atoms with van der Waals surface area (Å²) in [5, 5.41) is 10.5. The fourth-order valence-corrected chi connectivity index (χ4v) is 4.39. The van der Waals surface area contributed by atoms with Gasteiger partial charge in [0.25, 0.3) is 0 Å². The molecule has 0 aliphatic heterocycles. The number of urea groups is 1. The minimum absolute atomic E-state index is 0.108. The summed E-state index contributed by atoms with van der Waals surface area (Å²) in [5.41, 5.74) is 0.971. The average molecular weight is 414 g/mol. The fourth-order valence-electron chi connectivity index (χ4n) is 3.76. The van der Waals surface area contributed by atoms with E-state index in [9.17, 15) is 9.59 Å². The minimum Gasteiger partial charge on any atom is -0.335 e. The number of amides is 3. The van der Waals surface area contributed by atoms with Crippen LogP contribution in [0, 0.1) is 5.92 Å². The molecule has 2 aromatic rings. The number of hydrogen-bond donors (Lipinski definition) is 2. The van der Waals surface area contributed by atoms with Gasteiger partial charge in [0.15, 0.2) is 0 Å². The summed E-state index contributed by atoms with van der Waals surface area (Å²) in [7, 11) is 0. The number of hydrogen-bond acceptors (Lipinski definition) is 5. The van der Waals surface area contributed by atoms with E-state index in [-0.39, 0.29) is 17.7 Å². The van der Waals surface area contributed by atoms with Crippen LogP contribution in [0.25, 0.3) is 5.69 Å². The van der Waals surface area contributed by atoms with Gasteiger partial charge in [0.2, 0.25) is 11.1 Å². The Kier molecular flexibility index (Phi) is 6.18. The molecule has 29 heavy (non-hydrogen) atoms. The lowest BCUT2D eigenvalue weighted by atomic mass is 9.86. The molecule has 0 unspecified atom stereocenters. The topological polar surface area (TPSA) is 88.9 Å². The Morgan fingerprint density at radius 3 is 2.62 bits per heavy atom. The molecule has 7 nitrogen and oxygen atoms in total. The minimum atomic E-state index is -0.407. The monoisotopic (exact) mass is 413 g/mol. The number of rotatable bonds is 6. The number of aromatic nitrogens is 3. The molecule has 1 heterocycles. The molecule has 1 aromatic heterocycles. The van der Waals surface area contributed by atoms with Crippen LogP contribution < -0.4 is 10.6 Å². The maximum Gasteiger partial charge on any atom is 0.321 e. The summed E-state index contributed by atoms with van der Waals surface area (Å²) >= 11 is 1.26. The van der Waals surface area contributed by atoms with Crippen molar-refractivity contribution in [3.05, 3.63) is 36.2 Å². The molecule has 2 saturated carbocycles. The molecule has 0 saturated heterocycles. The van der Waals surface area contributed by atoms with Crippen molar-refractivity contribution >= 4 is 23.7 Å². The number of benzene rings is 1. The molecule has 4 rings (SSSR count). The van der Waals surface area contributed by atoms with Crippen LogP contribution in [-0.4, -0.2) is 38.5 Å². The standard InChI is InChI=1S/C21H27N5O2S/c1-14-7-5-6-10-17(14)22-20(28)23-18(27)13-29-21-24-19(15-11-12-15)26(25-21)16-8-3-2-4-9-16/h2-4,8-9,14-15,17H,5-7,10-13H2,1H3,(H2,22,23,27,28)/t14-,17+/m0/s1. The molecule has 2 atom stereocenters. The van der Waals surface area contributed by atoms with Crippen molar-refractivity contribution in [3.8, 4) is 5.69 Å². The van der Waals surface area contributed by atoms with Crippen LogP contribution in [0.4, 0.5) is 4.79 Å². The summed E-state index contributed by atoms with van der Waals surface area (Å²) in [5.74, 6) is 1.61. The SMILES string of the molecule is C[C@H]1CCCC[C@H]1NC(=O)NC(=O)CSc1nc(C2CC2)n(-c2ccccc2)n1. The van der Waals surface area contributed by atoms with E-state index >= 15 is 0 Å². The lowest BCUT2D eigenvalue weighted by molar-refractivity contribution is -0.117. The van der Waals surface area contributed by atoms with Gasteiger partial charge in [0, 0.05) is 12.0 Å². The van der Waals surface area contributed by atoms with E-state index in [0.717, 1.165) is 43.6 Å². The number of nitrogens with one attached hydrogen (secondary N) is 2. The highest BCUT2D eigenvalue weighted by molar-refractivity contribution is 7.99. The van der Waals surface area contributed by atoms with E-state index in [1.165, 1.54) is 18.2 Å². The predicted molar refractivity (Wildman–Crippen MR) is 112 cm³/mol. The third-order valence-corrected chi connectivity index (χ3v) is 6.41. The second-order valence-electron chi connectivity index (χ2n) is 7.95. The molecule has 3 amide bonds. The second kappa shape index (κ2) is 8.98. The highest BCUT2D eigenvalue weighted by atomic mass is 32.2. The van der Waals surface area contributed by atoms with E-state index in [0.29, 0.717) is 17.0 Å². The van der Waals surface area contributed by atoms with Gasteiger partial charge in [-0.25, -0.2) is 14.5 Å². The number of para-hydroxylation sites is 1. The van der Waals surface area contributed by atoms with Crippen molar-refractivity contribution in [2.75, 3.05) is 5.75 Å². The largest absolute Gasteiger partial charge is 0.335 e. The Balaban J connectivity index is 1.32. The predicted octanol–water partition coefficient (Wildman–Crippen LogP) is 3.64. The van der Waals surface area contributed by atoms with Gasteiger partial charge in [-0.05, 0) is 43.7 Å². The van der Waals surface area contributed by atoms with Crippen molar-refractivity contribution in [2.24, 2.45) is 5.92 Å². The second-order valence-corrected chi connectivity index (χ2v) is 8.90. The van der Waals surface area contributed by atoms with Crippen LogP contribution >= 0.6 is 11.8 Å². The molecule has 0 bridgehead atoms. The molecule has 154 valence electrons. The van der Waals surface area contributed by atoms with Gasteiger partial charge in [-0.2, -0.15) is 0 Å². The first-order chi connectivity index (χ1) is 14.1. The van der Waals surface area contributed by atoms with E-state index in [2.05, 4.69) is 27.6 Å². The van der Waals surface area contributed by atoms with Crippen LogP contribution in [0.1, 0.15) is 57.2 Å². The number of nitrogens with zero attached hydrogens (tertiary/aromatic N) is 3. The van der Waals surface area contributed by atoms with E-state index in [1.54, 1.807) is 0 Å². The molecule has 2 aliphatic rings. The maximum absolute atomic E-state index is 12.2. The first-order valence-electron chi connectivity index (χ1n) is 10.4. The molecular formula is C21H27N5O2S. The first kappa shape index (κ1) is 19.9. The molecule has 0 radical (unpaired) electrons. The quantitative estimate of drug-likeness (QED) is 0.706. The molecule has 2 N–H and O–H groups in total. The van der Waals surface area contributed by atoms with Crippen LogP contribution in [-0.2, 0) is 4.79 Å². The van der Waals surface area contributed by atoms with Gasteiger partial charge in [-0.15, -0.1) is 5.10 Å². The lowest BCUT2D eigenvalue weighted by Crippen LogP contribution is -2.48. The molecule has 8 heteroatoms. The summed E-state index contributed by atoms with van der Waals surface area (Å²) in [6.45, 7) is 2.15. The zero-order valence-corrected chi connectivity index (χ0v) is 17.5. The van der Waals surface area contributed by atoms with Crippen LogP contribution in [0.2, 0.25) is 0 Å². The zero-order chi connectivity index (χ0) is 20.2. The smallest absolute Gasteiger partial charge is 0.321 e. The summed E-state index contributed by atoms with van der Waals surface area (Å²) < 4.78 is 1.87. The maximum atomic E-state index is 12.2. The number of thioether (sulfide) groups is 1. The van der Waals surface area contributed by atoms with Crippen LogP contribution in [0.5, 0.6) is 0 Å². The highest BCUT2D eigenvalue weighted by Crippen LogP contribution is 2.40. The molecule has 0 spiro atoms.